The first kappa shape index (κ1) is 18.5. The summed E-state index contributed by atoms with van der Waals surface area (Å²) in [5.41, 5.74) is 6.86. The Kier molecular flexibility index (Phi) is 5.37. The summed E-state index contributed by atoms with van der Waals surface area (Å²) in [4.78, 5) is 15.8. The molecule has 0 amide bonds. The molecule has 2 aromatic rings. The van der Waals surface area contributed by atoms with E-state index in [1.807, 2.05) is 0 Å². The van der Waals surface area contributed by atoms with Crippen molar-refractivity contribution in [2.24, 2.45) is 5.92 Å². The van der Waals surface area contributed by atoms with Gasteiger partial charge in [-0.3, -0.25) is 4.79 Å². The molecule has 24 heavy (non-hydrogen) atoms. The monoisotopic (exact) mass is 325 g/mol. The Hall–Kier alpha value is -1.83. The topological polar surface area (TPSA) is 32.9 Å². The summed E-state index contributed by atoms with van der Waals surface area (Å²) in [6.07, 6.45) is 1.74. The van der Waals surface area contributed by atoms with E-state index in [9.17, 15) is 4.79 Å². The molecule has 0 fully saturated rings. The number of rotatable bonds is 5. The summed E-state index contributed by atoms with van der Waals surface area (Å²) in [6.45, 7) is 15.2. The molecular weight excluding hydrogens is 294 g/mol. The SMILES string of the molecule is Cc1ccc(Cc2cc(C)c(C(C)(C)CC(C)C)[nH]c2=O)c(C)c1. The highest BCUT2D eigenvalue weighted by molar-refractivity contribution is 5.36. The Balaban J connectivity index is 2.38. The number of aromatic amines is 1. The maximum atomic E-state index is 12.7. The van der Waals surface area contributed by atoms with Gasteiger partial charge in [0, 0.05) is 23.1 Å². The number of hydrogen-bond donors (Lipinski definition) is 1. The van der Waals surface area contributed by atoms with Crippen LogP contribution < -0.4 is 5.56 Å². The van der Waals surface area contributed by atoms with Crippen LogP contribution in [0.25, 0.3) is 0 Å². The van der Waals surface area contributed by atoms with E-state index < -0.39 is 0 Å². The van der Waals surface area contributed by atoms with Gasteiger partial charge in [0.05, 0.1) is 0 Å². The van der Waals surface area contributed by atoms with Crippen molar-refractivity contribution in [1.29, 1.82) is 0 Å². The third-order valence-corrected chi connectivity index (χ3v) is 4.79. The second-order valence-corrected chi connectivity index (χ2v) is 8.27. The average Bonchev–Trinajstić information content (AvgIpc) is 2.43. The lowest BCUT2D eigenvalue weighted by molar-refractivity contribution is 0.388. The zero-order valence-corrected chi connectivity index (χ0v) is 16.2. The van der Waals surface area contributed by atoms with E-state index >= 15 is 0 Å². The van der Waals surface area contributed by atoms with Crippen molar-refractivity contribution in [3.8, 4) is 0 Å². The third kappa shape index (κ3) is 4.17. The molecule has 1 N–H and O–H groups in total. The average molecular weight is 325 g/mol. The molecule has 0 atom stereocenters. The fourth-order valence-electron chi connectivity index (χ4n) is 3.90. The van der Waals surface area contributed by atoms with Gasteiger partial charge in [-0.05, 0) is 55.9 Å². The van der Waals surface area contributed by atoms with Gasteiger partial charge in [0.2, 0.25) is 0 Å². The highest BCUT2D eigenvalue weighted by Crippen LogP contribution is 2.30. The largest absolute Gasteiger partial charge is 0.325 e. The van der Waals surface area contributed by atoms with Crippen LogP contribution in [0.2, 0.25) is 0 Å². The Bertz CT molecular complexity index is 781. The molecule has 0 spiro atoms. The number of nitrogens with one attached hydrogen (secondary N) is 1. The second kappa shape index (κ2) is 6.96. The van der Waals surface area contributed by atoms with Crippen LogP contribution in [0.4, 0.5) is 0 Å². The minimum Gasteiger partial charge on any atom is -0.325 e. The van der Waals surface area contributed by atoms with Crippen LogP contribution in [0.3, 0.4) is 0 Å². The van der Waals surface area contributed by atoms with E-state index in [0.29, 0.717) is 12.3 Å². The van der Waals surface area contributed by atoms with Gasteiger partial charge < -0.3 is 4.98 Å². The third-order valence-electron chi connectivity index (χ3n) is 4.79. The molecular formula is C22H31NO. The van der Waals surface area contributed by atoms with Gasteiger partial charge in [0.1, 0.15) is 0 Å². The molecule has 0 aliphatic carbocycles. The number of H-pyrrole nitrogens is 1. The molecule has 0 aliphatic rings. The van der Waals surface area contributed by atoms with Crippen molar-refractivity contribution in [3.05, 3.63) is 68.1 Å². The van der Waals surface area contributed by atoms with Crippen LogP contribution in [-0.2, 0) is 11.8 Å². The molecule has 0 unspecified atom stereocenters. The van der Waals surface area contributed by atoms with Gasteiger partial charge in [-0.1, -0.05) is 51.5 Å². The Morgan fingerprint density at radius 1 is 1.00 bits per heavy atom. The lowest BCUT2D eigenvalue weighted by Gasteiger charge is -2.28. The second-order valence-electron chi connectivity index (χ2n) is 8.27. The molecule has 1 heterocycles. The van der Waals surface area contributed by atoms with Gasteiger partial charge in [-0.15, -0.1) is 0 Å². The summed E-state index contributed by atoms with van der Waals surface area (Å²) in [5.74, 6) is 0.595. The van der Waals surface area contributed by atoms with E-state index in [4.69, 9.17) is 0 Å². The molecule has 130 valence electrons. The van der Waals surface area contributed by atoms with Gasteiger partial charge in [-0.2, -0.15) is 0 Å². The summed E-state index contributed by atoms with van der Waals surface area (Å²) in [5, 5.41) is 0. The van der Waals surface area contributed by atoms with Crippen LogP contribution in [0.5, 0.6) is 0 Å². The number of benzene rings is 1. The molecule has 2 rings (SSSR count). The Morgan fingerprint density at radius 3 is 2.25 bits per heavy atom. The smallest absolute Gasteiger partial charge is 0.251 e. The maximum absolute atomic E-state index is 12.7. The summed E-state index contributed by atoms with van der Waals surface area (Å²) in [6, 6.07) is 8.51. The number of aryl methyl sites for hydroxylation is 3. The summed E-state index contributed by atoms with van der Waals surface area (Å²) >= 11 is 0. The zero-order valence-electron chi connectivity index (χ0n) is 16.2. The van der Waals surface area contributed by atoms with E-state index in [0.717, 1.165) is 17.7 Å². The minimum atomic E-state index is -0.0181. The van der Waals surface area contributed by atoms with Crippen molar-refractivity contribution in [1.82, 2.24) is 4.98 Å². The van der Waals surface area contributed by atoms with Gasteiger partial charge in [0.25, 0.3) is 5.56 Å². The molecule has 0 radical (unpaired) electrons. The number of hydrogen-bond acceptors (Lipinski definition) is 1. The van der Waals surface area contributed by atoms with Crippen LogP contribution >= 0.6 is 0 Å². The normalized spacial score (nSPS) is 12.0. The summed E-state index contributed by atoms with van der Waals surface area (Å²) in [7, 11) is 0. The molecule has 0 saturated carbocycles. The van der Waals surface area contributed by atoms with Crippen molar-refractivity contribution >= 4 is 0 Å². The van der Waals surface area contributed by atoms with Crippen molar-refractivity contribution in [3.63, 3.8) is 0 Å². The maximum Gasteiger partial charge on any atom is 0.251 e. The highest BCUT2D eigenvalue weighted by Gasteiger charge is 2.25. The predicted octanol–water partition coefficient (Wildman–Crippen LogP) is 5.21. The van der Waals surface area contributed by atoms with E-state index in [1.54, 1.807) is 0 Å². The van der Waals surface area contributed by atoms with Gasteiger partial charge in [0.15, 0.2) is 0 Å². The molecule has 0 aliphatic heterocycles. The summed E-state index contributed by atoms with van der Waals surface area (Å²) < 4.78 is 0. The quantitative estimate of drug-likeness (QED) is 0.803. The predicted molar refractivity (Wildman–Crippen MR) is 103 cm³/mol. The first-order valence-corrected chi connectivity index (χ1v) is 8.89. The van der Waals surface area contributed by atoms with Crippen LogP contribution in [0, 0.1) is 26.7 Å². The van der Waals surface area contributed by atoms with Crippen LogP contribution in [0.1, 0.15) is 67.6 Å². The van der Waals surface area contributed by atoms with Gasteiger partial charge >= 0.3 is 0 Å². The zero-order chi connectivity index (χ0) is 18.1. The Labute approximate surface area is 146 Å². The number of pyridine rings is 1. The first-order chi connectivity index (χ1) is 11.1. The molecule has 2 nitrogen and oxygen atoms in total. The van der Waals surface area contributed by atoms with Crippen molar-refractivity contribution in [2.45, 2.75) is 66.7 Å². The van der Waals surface area contributed by atoms with E-state index in [1.165, 1.54) is 22.3 Å². The first-order valence-electron chi connectivity index (χ1n) is 8.89. The fourth-order valence-corrected chi connectivity index (χ4v) is 3.90. The molecule has 1 aromatic heterocycles. The molecule has 2 heteroatoms. The fraction of sp³-hybridized carbons (Fsp3) is 0.500. The standard InChI is InChI=1S/C22H31NO/c1-14(2)13-22(6,7)20-17(5)11-19(21(24)23-20)12-18-9-8-15(3)10-16(18)4/h8-11,14H,12-13H2,1-7H3,(H,23,24). The Morgan fingerprint density at radius 2 is 1.67 bits per heavy atom. The van der Waals surface area contributed by atoms with Crippen molar-refractivity contribution < 1.29 is 0 Å². The molecule has 0 bridgehead atoms. The van der Waals surface area contributed by atoms with E-state index in [2.05, 4.69) is 77.7 Å². The lowest BCUT2D eigenvalue weighted by Crippen LogP contribution is -2.27. The number of aromatic nitrogens is 1. The van der Waals surface area contributed by atoms with E-state index in [-0.39, 0.29) is 11.0 Å². The molecule has 1 aromatic carbocycles. The van der Waals surface area contributed by atoms with Crippen LogP contribution in [-0.4, -0.2) is 4.98 Å². The minimum absolute atomic E-state index is 0.0181. The highest BCUT2D eigenvalue weighted by atomic mass is 16.1. The molecule has 0 saturated heterocycles. The van der Waals surface area contributed by atoms with Crippen molar-refractivity contribution in [2.75, 3.05) is 0 Å². The van der Waals surface area contributed by atoms with Crippen LogP contribution in [0.15, 0.2) is 29.1 Å². The van der Waals surface area contributed by atoms with Gasteiger partial charge in [-0.25, -0.2) is 0 Å². The lowest BCUT2D eigenvalue weighted by atomic mass is 9.79.